The van der Waals surface area contributed by atoms with Gasteiger partial charge >= 0.3 is 0 Å². The van der Waals surface area contributed by atoms with Crippen LogP contribution in [0, 0.1) is 5.92 Å². The summed E-state index contributed by atoms with van der Waals surface area (Å²) in [7, 11) is 0. The second kappa shape index (κ2) is 4.26. The second-order valence-electron chi connectivity index (χ2n) is 5.65. The van der Waals surface area contributed by atoms with Gasteiger partial charge in [-0.25, -0.2) is 0 Å². The minimum atomic E-state index is -1.40. The molecule has 1 heterocycles. The summed E-state index contributed by atoms with van der Waals surface area (Å²) in [5.41, 5.74) is 1.79. The van der Waals surface area contributed by atoms with E-state index in [0.717, 1.165) is 19.3 Å². The fraction of sp³-hybridized carbons (Fsp3) is 1.00. The van der Waals surface area contributed by atoms with Gasteiger partial charge in [-0.1, -0.05) is 33.1 Å². The molecule has 0 radical (unpaired) electrons. The summed E-state index contributed by atoms with van der Waals surface area (Å²) in [5.74, 6) is -1.01. The normalized spacial score (nSPS) is 39.2. The van der Waals surface area contributed by atoms with E-state index >= 15 is 0 Å². The van der Waals surface area contributed by atoms with Gasteiger partial charge < -0.3 is 10.2 Å². The molecule has 0 aromatic heterocycles. The first-order chi connectivity index (χ1) is 7.47. The van der Waals surface area contributed by atoms with Gasteiger partial charge in [0.15, 0.2) is 0 Å². The van der Waals surface area contributed by atoms with E-state index in [2.05, 4.69) is 19.3 Å². The lowest BCUT2D eigenvalue weighted by Crippen LogP contribution is -2.55. The number of hydrogen-bond donors (Lipinski definition) is 3. The van der Waals surface area contributed by atoms with Crippen LogP contribution < -0.4 is 5.48 Å². The highest BCUT2D eigenvalue weighted by atomic mass is 16.8. The Morgan fingerprint density at radius 2 is 1.81 bits per heavy atom. The summed E-state index contributed by atoms with van der Waals surface area (Å²) in [5, 5.41) is 21.0. The zero-order valence-corrected chi connectivity index (χ0v) is 10.2. The standard InChI is InChI=1S/C12H23NO3/c1-9(2)10-8-12(15,16-13-10)11(14)6-4-3-5-7-11/h9-10,13-15H,3-8H2,1-2H3/t10-,12+/m0/s1. The molecule has 4 nitrogen and oxygen atoms in total. The maximum atomic E-state index is 10.5. The van der Waals surface area contributed by atoms with Crippen LogP contribution in [0.15, 0.2) is 0 Å². The van der Waals surface area contributed by atoms with Gasteiger partial charge in [0.2, 0.25) is 5.79 Å². The maximum absolute atomic E-state index is 10.5. The highest BCUT2D eigenvalue weighted by Gasteiger charge is 2.55. The number of rotatable bonds is 2. The monoisotopic (exact) mass is 229 g/mol. The van der Waals surface area contributed by atoms with E-state index in [-0.39, 0.29) is 6.04 Å². The van der Waals surface area contributed by atoms with E-state index in [1.54, 1.807) is 0 Å². The molecule has 0 aromatic rings. The van der Waals surface area contributed by atoms with Crippen molar-refractivity contribution in [2.45, 2.75) is 69.8 Å². The molecule has 1 saturated heterocycles. The van der Waals surface area contributed by atoms with Gasteiger partial charge in [0.1, 0.15) is 5.60 Å². The molecular formula is C12H23NO3. The highest BCUT2D eigenvalue weighted by Crippen LogP contribution is 2.42. The van der Waals surface area contributed by atoms with Crippen LogP contribution in [-0.2, 0) is 4.84 Å². The van der Waals surface area contributed by atoms with E-state index in [9.17, 15) is 10.2 Å². The molecule has 2 aliphatic rings. The molecule has 1 saturated carbocycles. The van der Waals surface area contributed by atoms with Gasteiger partial charge in [-0.3, -0.25) is 4.84 Å². The van der Waals surface area contributed by atoms with E-state index in [1.807, 2.05) is 0 Å². The topological polar surface area (TPSA) is 61.7 Å². The maximum Gasteiger partial charge on any atom is 0.215 e. The second-order valence-corrected chi connectivity index (χ2v) is 5.65. The molecule has 2 rings (SSSR count). The molecule has 0 spiro atoms. The lowest BCUT2D eigenvalue weighted by Gasteiger charge is -2.41. The lowest BCUT2D eigenvalue weighted by molar-refractivity contribution is -0.303. The average molecular weight is 229 g/mol. The molecule has 3 N–H and O–H groups in total. The molecule has 0 amide bonds. The Balaban J connectivity index is 2.07. The third-order valence-corrected chi connectivity index (χ3v) is 4.09. The lowest BCUT2D eigenvalue weighted by atomic mass is 9.76. The van der Waals surface area contributed by atoms with Crippen LogP contribution in [0.4, 0.5) is 0 Å². The number of hydrogen-bond acceptors (Lipinski definition) is 4. The van der Waals surface area contributed by atoms with Crippen LogP contribution in [-0.4, -0.2) is 27.6 Å². The first-order valence-corrected chi connectivity index (χ1v) is 6.35. The largest absolute Gasteiger partial charge is 0.384 e. The first kappa shape index (κ1) is 12.3. The summed E-state index contributed by atoms with van der Waals surface area (Å²) in [6.07, 6.45) is 4.82. The van der Waals surface area contributed by atoms with Crippen LogP contribution in [0.25, 0.3) is 0 Å². The van der Waals surface area contributed by atoms with Crippen molar-refractivity contribution in [3.8, 4) is 0 Å². The van der Waals surface area contributed by atoms with Gasteiger partial charge in [-0.05, 0) is 18.8 Å². The summed E-state index contributed by atoms with van der Waals surface area (Å²) in [6.45, 7) is 4.16. The predicted molar refractivity (Wildman–Crippen MR) is 60.4 cm³/mol. The van der Waals surface area contributed by atoms with Crippen molar-refractivity contribution in [1.29, 1.82) is 0 Å². The summed E-state index contributed by atoms with van der Waals surface area (Å²) in [6, 6.07) is 0.121. The van der Waals surface area contributed by atoms with Crippen molar-refractivity contribution in [2.24, 2.45) is 5.92 Å². The van der Waals surface area contributed by atoms with Crippen LogP contribution in [0.1, 0.15) is 52.4 Å². The molecule has 94 valence electrons. The molecule has 2 fully saturated rings. The van der Waals surface area contributed by atoms with Gasteiger partial charge in [-0.2, -0.15) is 5.48 Å². The van der Waals surface area contributed by atoms with Crippen LogP contribution in [0.3, 0.4) is 0 Å². The van der Waals surface area contributed by atoms with E-state index < -0.39 is 11.4 Å². The minimum absolute atomic E-state index is 0.121. The fourth-order valence-electron chi connectivity index (χ4n) is 2.74. The molecule has 0 aromatic carbocycles. The van der Waals surface area contributed by atoms with Crippen molar-refractivity contribution in [2.75, 3.05) is 0 Å². The molecule has 16 heavy (non-hydrogen) atoms. The smallest absolute Gasteiger partial charge is 0.215 e. The predicted octanol–water partition coefficient (Wildman–Crippen LogP) is 1.32. The molecule has 2 atom stereocenters. The zero-order chi connectivity index (χ0) is 11.8. The molecule has 1 aliphatic carbocycles. The first-order valence-electron chi connectivity index (χ1n) is 6.35. The van der Waals surface area contributed by atoms with Gasteiger partial charge in [-0.15, -0.1) is 0 Å². The van der Waals surface area contributed by atoms with Crippen LogP contribution in [0.5, 0.6) is 0 Å². The highest BCUT2D eigenvalue weighted by molar-refractivity contribution is 4.99. The summed E-state index contributed by atoms with van der Waals surface area (Å²) in [4.78, 5) is 5.31. The average Bonchev–Trinajstić information content (AvgIpc) is 2.64. The quantitative estimate of drug-likeness (QED) is 0.668. The van der Waals surface area contributed by atoms with Crippen molar-refractivity contribution >= 4 is 0 Å². The SMILES string of the molecule is CC(C)[C@@H]1C[C@](O)(C2(O)CCCCC2)ON1. The molecule has 1 aliphatic heterocycles. The Labute approximate surface area is 96.9 Å². The molecular weight excluding hydrogens is 206 g/mol. The van der Waals surface area contributed by atoms with Crippen molar-refractivity contribution < 1.29 is 15.1 Å². The van der Waals surface area contributed by atoms with Gasteiger partial charge in [0.05, 0.1) is 0 Å². The van der Waals surface area contributed by atoms with E-state index in [4.69, 9.17) is 4.84 Å². The van der Waals surface area contributed by atoms with Crippen molar-refractivity contribution in [3.05, 3.63) is 0 Å². The van der Waals surface area contributed by atoms with Gasteiger partial charge in [0, 0.05) is 12.5 Å². The van der Waals surface area contributed by atoms with E-state index in [1.165, 1.54) is 0 Å². The molecule has 0 unspecified atom stereocenters. The van der Waals surface area contributed by atoms with E-state index in [0.29, 0.717) is 25.2 Å². The van der Waals surface area contributed by atoms with Crippen molar-refractivity contribution in [1.82, 2.24) is 5.48 Å². The number of aliphatic hydroxyl groups is 2. The van der Waals surface area contributed by atoms with Crippen LogP contribution >= 0.6 is 0 Å². The Hall–Kier alpha value is -0.160. The summed E-state index contributed by atoms with van der Waals surface area (Å²) < 4.78 is 0. The Morgan fingerprint density at radius 1 is 1.19 bits per heavy atom. The Morgan fingerprint density at radius 3 is 2.31 bits per heavy atom. The van der Waals surface area contributed by atoms with Crippen molar-refractivity contribution in [3.63, 3.8) is 0 Å². The molecule has 4 heteroatoms. The van der Waals surface area contributed by atoms with Crippen LogP contribution in [0.2, 0.25) is 0 Å². The number of nitrogens with one attached hydrogen (secondary N) is 1. The van der Waals surface area contributed by atoms with Gasteiger partial charge in [0.25, 0.3) is 0 Å². The fourth-order valence-corrected chi connectivity index (χ4v) is 2.74. The third-order valence-electron chi connectivity index (χ3n) is 4.09. The summed E-state index contributed by atoms with van der Waals surface area (Å²) >= 11 is 0. The Bertz CT molecular complexity index is 251. The molecule has 0 bridgehead atoms. The number of hydroxylamine groups is 1. The third kappa shape index (κ3) is 1.99. The Kier molecular flexibility index (Phi) is 3.27. The zero-order valence-electron chi connectivity index (χ0n) is 10.2. The minimum Gasteiger partial charge on any atom is -0.384 e.